The van der Waals surface area contributed by atoms with Crippen LogP contribution in [-0.2, 0) is 4.74 Å². The molecule has 1 aliphatic heterocycles. The van der Waals surface area contributed by atoms with E-state index in [1.54, 1.807) is 13.1 Å². The van der Waals surface area contributed by atoms with Crippen molar-refractivity contribution in [3.05, 3.63) is 45.7 Å². The highest BCUT2D eigenvalue weighted by molar-refractivity contribution is 5.94. The summed E-state index contributed by atoms with van der Waals surface area (Å²) in [6.07, 6.45) is 2.69. The van der Waals surface area contributed by atoms with Crippen LogP contribution in [0.25, 0.3) is 10.9 Å². The third-order valence-corrected chi connectivity index (χ3v) is 4.44. The zero-order valence-corrected chi connectivity index (χ0v) is 13.8. The van der Waals surface area contributed by atoms with Gasteiger partial charge in [-0.05, 0) is 46.0 Å². The largest absolute Gasteiger partial charge is 0.462 e. The molecule has 1 saturated heterocycles. The molecule has 0 aliphatic carbocycles. The maximum atomic E-state index is 12.7. The molecule has 2 aromatic rings. The van der Waals surface area contributed by atoms with Gasteiger partial charge >= 0.3 is 5.97 Å². The Balaban J connectivity index is 2.23. The number of hydrogen-bond donors (Lipinski definition) is 0. The Labute approximate surface area is 135 Å². The van der Waals surface area contributed by atoms with Crippen LogP contribution >= 0.6 is 0 Å². The van der Waals surface area contributed by atoms with Gasteiger partial charge in [0.2, 0.25) is 5.43 Å². The molecule has 0 bridgehead atoms. The van der Waals surface area contributed by atoms with E-state index >= 15 is 0 Å². The summed E-state index contributed by atoms with van der Waals surface area (Å²) >= 11 is 0. The minimum atomic E-state index is -0.541. The zero-order chi connectivity index (χ0) is 16.6. The van der Waals surface area contributed by atoms with Crippen LogP contribution in [0.15, 0.2) is 29.2 Å². The van der Waals surface area contributed by atoms with Gasteiger partial charge in [-0.2, -0.15) is 0 Å². The molecule has 3 rings (SSSR count). The number of aryl methyl sites for hydroxylation is 1. The second-order valence-corrected chi connectivity index (χ2v) is 6.22. The van der Waals surface area contributed by atoms with Crippen molar-refractivity contribution < 1.29 is 9.53 Å². The van der Waals surface area contributed by atoms with Crippen molar-refractivity contribution in [1.29, 1.82) is 0 Å². The Morgan fingerprint density at radius 1 is 1.39 bits per heavy atom. The number of likely N-dealkylation sites (tertiary alicyclic amines) is 1. The summed E-state index contributed by atoms with van der Waals surface area (Å²) in [5, 5.41) is 0.588. The molecule has 2 heterocycles. The molecule has 1 aromatic carbocycles. The fourth-order valence-corrected chi connectivity index (χ4v) is 3.26. The first-order valence-corrected chi connectivity index (χ1v) is 8.02. The van der Waals surface area contributed by atoms with E-state index in [1.165, 1.54) is 0 Å². The molecule has 23 heavy (non-hydrogen) atoms. The number of esters is 1. The molecule has 0 saturated carbocycles. The molecule has 1 aromatic heterocycles. The first kappa shape index (κ1) is 15.7. The Kier molecular flexibility index (Phi) is 4.22. The Hall–Kier alpha value is -2.14. The Bertz CT molecular complexity index is 810. The van der Waals surface area contributed by atoms with Gasteiger partial charge in [0, 0.05) is 24.2 Å². The number of likely N-dealkylation sites (N-methyl/N-ethyl adjacent to an activating group) is 1. The van der Waals surface area contributed by atoms with E-state index in [1.807, 2.05) is 25.1 Å². The fraction of sp³-hybridized carbons (Fsp3) is 0.444. The summed E-state index contributed by atoms with van der Waals surface area (Å²) < 4.78 is 7.14. The van der Waals surface area contributed by atoms with E-state index in [0.717, 1.165) is 30.6 Å². The molecule has 0 spiro atoms. The van der Waals surface area contributed by atoms with E-state index in [2.05, 4.69) is 16.5 Å². The highest BCUT2D eigenvalue weighted by atomic mass is 16.5. The number of nitrogens with zero attached hydrogens (tertiary/aromatic N) is 2. The molecule has 0 N–H and O–H groups in total. The minimum Gasteiger partial charge on any atom is -0.462 e. The molecule has 122 valence electrons. The van der Waals surface area contributed by atoms with Gasteiger partial charge in [0.15, 0.2) is 0 Å². The van der Waals surface area contributed by atoms with Crippen LogP contribution in [0.3, 0.4) is 0 Å². The van der Waals surface area contributed by atoms with Gasteiger partial charge in [0.25, 0.3) is 0 Å². The zero-order valence-electron chi connectivity index (χ0n) is 13.8. The Morgan fingerprint density at radius 2 is 2.17 bits per heavy atom. The number of fused-ring (bicyclic) bond motifs is 1. The normalized spacial score (nSPS) is 18.5. The SMILES string of the molecule is CCOC(=O)c1cn([C@@H]2CCN(C)C2)c2ccc(C)cc2c1=O. The van der Waals surface area contributed by atoms with Gasteiger partial charge in [0.05, 0.1) is 12.1 Å². The van der Waals surface area contributed by atoms with Crippen molar-refractivity contribution in [3.63, 3.8) is 0 Å². The number of hydrogen-bond acceptors (Lipinski definition) is 4. The van der Waals surface area contributed by atoms with E-state index in [-0.39, 0.29) is 23.6 Å². The van der Waals surface area contributed by atoms with Crippen LogP contribution < -0.4 is 5.43 Å². The van der Waals surface area contributed by atoms with Gasteiger partial charge in [-0.15, -0.1) is 0 Å². The van der Waals surface area contributed by atoms with Crippen LogP contribution in [0, 0.1) is 6.92 Å². The predicted molar refractivity (Wildman–Crippen MR) is 90.1 cm³/mol. The summed E-state index contributed by atoms with van der Waals surface area (Å²) in [5.74, 6) is -0.541. The van der Waals surface area contributed by atoms with Gasteiger partial charge in [0.1, 0.15) is 5.56 Å². The number of carbonyl (C=O) groups is 1. The smallest absolute Gasteiger partial charge is 0.343 e. The van der Waals surface area contributed by atoms with Crippen LogP contribution in [0.5, 0.6) is 0 Å². The molecule has 1 aliphatic rings. The second kappa shape index (κ2) is 6.16. The van der Waals surface area contributed by atoms with Gasteiger partial charge in [-0.25, -0.2) is 4.79 Å². The monoisotopic (exact) mass is 314 g/mol. The third-order valence-electron chi connectivity index (χ3n) is 4.44. The van der Waals surface area contributed by atoms with Crippen LogP contribution in [0.1, 0.15) is 35.3 Å². The second-order valence-electron chi connectivity index (χ2n) is 6.22. The number of aromatic nitrogens is 1. The molecule has 1 atom stereocenters. The van der Waals surface area contributed by atoms with E-state index in [9.17, 15) is 9.59 Å². The molecule has 0 radical (unpaired) electrons. The molecule has 1 fully saturated rings. The summed E-state index contributed by atoms with van der Waals surface area (Å²) in [4.78, 5) is 27.1. The maximum absolute atomic E-state index is 12.7. The van der Waals surface area contributed by atoms with Crippen molar-refractivity contribution in [2.24, 2.45) is 0 Å². The lowest BCUT2D eigenvalue weighted by atomic mass is 10.1. The first-order chi connectivity index (χ1) is 11.0. The first-order valence-electron chi connectivity index (χ1n) is 8.02. The van der Waals surface area contributed by atoms with Gasteiger partial charge in [-0.1, -0.05) is 11.6 Å². The lowest BCUT2D eigenvalue weighted by Gasteiger charge is -2.19. The molecular weight excluding hydrogens is 292 g/mol. The summed E-state index contributed by atoms with van der Waals surface area (Å²) in [7, 11) is 2.08. The molecule has 0 unspecified atom stereocenters. The number of ether oxygens (including phenoxy) is 1. The lowest BCUT2D eigenvalue weighted by molar-refractivity contribution is 0.0524. The third kappa shape index (κ3) is 2.88. The standard InChI is InChI=1S/C18H22N2O3/c1-4-23-18(22)15-11-20(13-7-8-19(3)10-13)16-6-5-12(2)9-14(16)17(15)21/h5-6,9,11,13H,4,7-8,10H2,1-3H3/t13-/m1/s1. The molecule has 5 nitrogen and oxygen atoms in total. The lowest BCUT2D eigenvalue weighted by Crippen LogP contribution is -2.24. The topological polar surface area (TPSA) is 51.5 Å². The van der Waals surface area contributed by atoms with Crippen LogP contribution in [-0.4, -0.2) is 42.2 Å². The van der Waals surface area contributed by atoms with Gasteiger partial charge in [-0.3, -0.25) is 4.79 Å². The quantitative estimate of drug-likeness (QED) is 0.816. The number of pyridine rings is 1. The molecule has 0 amide bonds. The minimum absolute atomic E-state index is 0.125. The summed E-state index contributed by atoms with van der Waals surface area (Å²) in [5.41, 5.74) is 1.77. The van der Waals surface area contributed by atoms with Crippen molar-refractivity contribution >= 4 is 16.9 Å². The van der Waals surface area contributed by atoms with Crippen molar-refractivity contribution in [2.45, 2.75) is 26.3 Å². The molecular formula is C18H22N2O3. The number of carbonyl (C=O) groups excluding carboxylic acids is 1. The van der Waals surface area contributed by atoms with Crippen molar-refractivity contribution in [2.75, 3.05) is 26.7 Å². The molecule has 5 heteroatoms. The fourth-order valence-electron chi connectivity index (χ4n) is 3.26. The number of benzene rings is 1. The average Bonchev–Trinajstić information content (AvgIpc) is 2.94. The van der Waals surface area contributed by atoms with E-state index in [4.69, 9.17) is 4.74 Å². The Morgan fingerprint density at radius 3 is 2.83 bits per heavy atom. The van der Waals surface area contributed by atoms with Crippen LogP contribution in [0.2, 0.25) is 0 Å². The van der Waals surface area contributed by atoms with E-state index < -0.39 is 5.97 Å². The van der Waals surface area contributed by atoms with Crippen molar-refractivity contribution in [3.8, 4) is 0 Å². The summed E-state index contributed by atoms with van der Waals surface area (Å²) in [6, 6.07) is 6.09. The van der Waals surface area contributed by atoms with Crippen molar-refractivity contribution in [1.82, 2.24) is 9.47 Å². The summed E-state index contributed by atoms with van der Waals surface area (Å²) in [6.45, 7) is 5.88. The highest BCUT2D eigenvalue weighted by Crippen LogP contribution is 2.25. The van der Waals surface area contributed by atoms with Crippen LogP contribution in [0.4, 0.5) is 0 Å². The average molecular weight is 314 g/mol. The van der Waals surface area contributed by atoms with E-state index in [0.29, 0.717) is 5.39 Å². The van der Waals surface area contributed by atoms with Gasteiger partial charge < -0.3 is 14.2 Å². The maximum Gasteiger partial charge on any atom is 0.343 e. The number of rotatable bonds is 3. The predicted octanol–water partition coefficient (Wildman–Crippen LogP) is 2.36. The highest BCUT2D eigenvalue weighted by Gasteiger charge is 2.24.